The minimum atomic E-state index is -1.00. The number of anilines is 1. The molecule has 0 bridgehead atoms. The summed E-state index contributed by atoms with van der Waals surface area (Å²) >= 11 is 2.39. The summed E-state index contributed by atoms with van der Waals surface area (Å²) in [6.07, 6.45) is 0. The van der Waals surface area contributed by atoms with E-state index in [9.17, 15) is 19.1 Å². The molecule has 1 N–H and O–H groups in total. The highest BCUT2D eigenvalue weighted by molar-refractivity contribution is 8.00. The molecule has 0 aliphatic carbocycles. The number of aliphatic hydroxyl groups is 1. The molecule has 1 unspecified atom stereocenters. The fourth-order valence-electron chi connectivity index (χ4n) is 4.70. The van der Waals surface area contributed by atoms with Crippen LogP contribution in [0, 0.1) is 12.7 Å². The molecule has 1 aromatic heterocycles. The van der Waals surface area contributed by atoms with Crippen LogP contribution < -0.4 is 9.64 Å². The van der Waals surface area contributed by atoms with Crippen LogP contribution in [0.4, 0.5) is 9.52 Å². The summed E-state index contributed by atoms with van der Waals surface area (Å²) in [5.41, 5.74) is 2.37. The lowest BCUT2D eigenvalue weighted by Crippen LogP contribution is -2.29. The number of carbonyl (C=O) groups excluding carboxylic acids is 2. The largest absolute Gasteiger partial charge is 0.507 e. The number of aromatic nitrogens is 2. The van der Waals surface area contributed by atoms with Crippen LogP contribution in [0.15, 0.2) is 113 Å². The number of Topliss-reactive ketones (excluding diaryl/α,β-unsaturated/α-hetero) is 1. The van der Waals surface area contributed by atoms with Gasteiger partial charge in [-0.15, -0.1) is 10.2 Å². The van der Waals surface area contributed by atoms with Crippen molar-refractivity contribution < 1.29 is 23.8 Å². The number of hydrogen-bond acceptors (Lipinski definition) is 8. The molecule has 5 aromatic rings. The van der Waals surface area contributed by atoms with Gasteiger partial charge < -0.3 is 9.84 Å². The minimum Gasteiger partial charge on any atom is -0.507 e. The molecule has 1 saturated heterocycles. The number of carbonyl (C=O) groups is 2. The maximum absolute atomic E-state index is 14.2. The molecular formula is C33H24FN3O4S2. The number of nitrogens with zero attached hydrogens (tertiary/aromatic N) is 3. The standard InChI is InChI=1S/C33H24FN3O4S2/c1-20-14-16-21(17-15-20)29(38)27-28(22-9-7-12-25(18-22)41-24-10-3-2-4-11-24)37(31(40)30(27)39)32-35-36-33(43-32)42-19-23-8-5-6-13-26(23)34/h2-18,28,38H,19H2,1H3/b29-27-. The zero-order valence-electron chi connectivity index (χ0n) is 22.8. The van der Waals surface area contributed by atoms with E-state index >= 15 is 0 Å². The molecule has 1 fully saturated rings. The van der Waals surface area contributed by atoms with E-state index in [0.29, 0.717) is 38.3 Å². The first kappa shape index (κ1) is 28.3. The molecule has 4 aromatic carbocycles. The quantitative estimate of drug-likeness (QED) is 0.0634. The average Bonchev–Trinajstić information content (AvgIpc) is 3.59. The van der Waals surface area contributed by atoms with Crippen molar-refractivity contribution in [2.45, 2.75) is 23.1 Å². The van der Waals surface area contributed by atoms with E-state index in [1.54, 1.807) is 54.6 Å². The Hall–Kier alpha value is -4.80. The number of para-hydroxylation sites is 1. The van der Waals surface area contributed by atoms with E-state index in [-0.39, 0.29) is 22.3 Å². The summed E-state index contributed by atoms with van der Waals surface area (Å²) in [7, 11) is 0. The van der Waals surface area contributed by atoms with Crippen LogP contribution in [-0.2, 0) is 15.3 Å². The number of aliphatic hydroxyl groups excluding tert-OH is 1. The predicted molar refractivity (Wildman–Crippen MR) is 165 cm³/mol. The number of thioether (sulfide) groups is 1. The molecule has 1 atom stereocenters. The molecule has 1 aliphatic rings. The number of halogens is 1. The number of ether oxygens (including phenoxy) is 1. The highest BCUT2D eigenvalue weighted by Crippen LogP contribution is 2.45. The Kier molecular flexibility index (Phi) is 8.04. The molecule has 7 nitrogen and oxygen atoms in total. The summed E-state index contributed by atoms with van der Waals surface area (Å²) in [6.45, 7) is 1.91. The van der Waals surface area contributed by atoms with Gasteiger partial charge in [0.15, 0.2) is 4.34 Å². The summed E-state index contributed by atoms with van der Waals surface area (Å²) < 4.78 is 20.7. The van der Waals surface area contributed by atoms with Crippen LogP contribution in [0.2, 0.25) is 0 Å². The second-order valence-corrected chi connectivity index (χ2v) is 11.9. The van der Waals surface area contributed by atoms with E-state index in [4.69, 9.17) is 4.74 Å². The molecule has 214 valence electrons. The lowest BCUT2D eigenvalue weighted by atomic mass is 9.95. The molecule has 0 spiro atoms. The third-order valence-corrected chi connectivity index (χ3v) is 8.94. The number of aryl methyl sites for hydroxylation is 1. The van der Waals surface area contributed by atoms with E-state index in [1.807, 2.05) is 49.4 Å². The molecule has 1 amide bonds. The van der Waals surface area contributed by atoms with Crippen molar-refractivity contribution in [1.29, 1.82) is 0 Å². The van der Waals surface area contributed by atoms with Crippen LogP contribution in [0.5, 0.6) is 11.5 Å². The molecule has 6 rings (SSSR count). The topological polar surface area (TPSA) is 92.6 Å². The molecule has 10 heteroatoms. The van der Waals surface area contributed by atoms with Gasteiger partial charge in [0, 0.05) is 11.3 Å². The maximum Gasteiger partial charge on any atom is 0.301 e. The normalized spacial score (nSPS) is 16.0. The Labute approximate surface area is 255 Å². The zero-order valence-corrected chi connectivity index (χ0v) is 24.4. The SMILES string of the molecule is Cc1ccc(/C(O)=C2/C(=O)C(=O)N(c3nnc(SCc4ccccc4F)s3)C2c2cccc(Oc3ccccc3)c2)cc1. The lowest BCUT2D eigenvalue weighted by molar-refractivity contribution is -0.132. The van der Waals surface area contributed by atoms with Crippen molar-refractivity contribution in [2.75, 3.05) is 4.90 Å². The van der Waals surface area contributed by atoms with Crippen LogP contribution in [0.1, 0.15) is 28.3 Å². The van der Waals surface area contributed by atoms with Crippen LogP contribution >= 0.6 is 23.1 Å². The Morgan fingerprint density at radius 2 is 1.65 bits per heavy atom. The number of benzene rings is 4. The highest BCUT2D eigenvalue weighted by atomic mass is 32.2. The Balaban J connectivity index is 1.40. The van der Waals surface area contributed by atoms with Crippen molar-refractivity contribution in [2.24, 2.45) is 0 Å². The van der Waals surface area contributed by atoms with Gasteiger partial charge >= 0.3 is 5.91 Å². The van der Waals surface area contributed by atoms with Gasteiger partial charge in [-0.3, -0.25) is 14.5 Å². The van der Waals surface area contributed by atoms with E-state index in [2.05, 4.69) is 10.2 Å². The molecule has 0 radical (unpaired) electrons. The highest BCUT2D eigenvalue weighted by Gasteiger charge is 2.48. The van der Waals surface area contributed by atoms with Crippen molar-refractivity contribution in [3.05, 3.63) is 137 Å². The lowest BCUT2D eigenvalue weighted by Gasteiger charge is -2.23. The summed E-state index contributed by atoms with van der Waals surface area (Å²) in [5, 5.41) is 20.0. The fourth-order valence-corrected chi connectivity index (χ4v) is 6.55. The van der Waals surface area contributed by atoms with E-state index in [1.165, 1.54) is 22.7 Å². The van der Waals surface area contributed by atoms with Crippen LogP contribution in [0.3, 0.4) is 0 Å². The van der Waals surface area contributed by atoms with Gasteiger partial charge in [0.2, 0.25) is 5.13 Å². The smallest absolute Gasteiger partial charge is 0.301 e. The second-order valence-electron chi connectivity index (χ2n) is 9.75. The van der Waals surface area contributed by atoms with Gasteiger partial charge in [-0.2, -0.15) is 0 Å². The molecule has 43 heavy (non-hydrogen) atoms. The molecule has 2 heterocycles. The first-order chi connectivity index (χ1) is 20.9. The first-order valence-corrected chi connectivity index (χ1v) is 15.1. The van der Waals surface area contributed by atoms with Gasteiger partial charge in [-0.1, -0.05) is 101 Å². The van der Waals surface area contributed by atoms with Gasteiger partial charge in [0.25, 0.3) is 5.78 Å². The van der Waals surface area contributed by atoms with Crippen molar-refractivity contribution in [3.8, 4) is 11.5 Å². The van der Waals surface area contributed by atoms with Crippen molar-refractivity contribution in [1.82, 2.24) is 10.2 Å². The molecular weight excluding hydrogens is 586 g/mol. The Morgan fingerprint density at radius 1 is 0.930 bits per heavy atom. The number of ketones is 1. The van der Waals surface area contributed by atoms with E-state index < -0.39 is 17.7 Å². The number of rotatable bonds is 8. The Morgan fingerprint density at radius 3 is 2.42 bits per heavy atom. The average molecular weight is 610 g/mol. The van der Waals surface area contributed by atoms with Gasteiger partial charge in [-0.25, -0.2) is 4.39 Å². The van der Waals surface area contributed by atoms with Gasteiger partial charge in [0.05, 0.1) is 11.6 Å². The molecule has 1 aliphatic heterocycles. The molecule has 0 saturated carbocycles. The summed E-state index contributed by atoms with van der Waals surface area (Å²) in [4.78, 5) is 28.4. The number of hydrogen-bond donors (Lipinski definition) is 1. The third kappa shape index (κ3) is 5.93. The predicted octanol–water partition coefficient (Wildman–Crippen LogP) is 7.70. The monoisotopic (exact) mass is 609 g/mol. The fraction of sp³-hybridized carbons (Fsp3) is 0.0909. The van der Waals surface area contributed by atoms with Crippen molar-refractivity contribution >= 4 is 45.7 Å². The summed E-state index contributed by atoms with van der Waals surface area (Å²) in [6, 6.07) is 28.7. The third-order valence-electron chi connectivity index (χ3n) is 6.83. The van der Waals surface area contributed by atoms with Gasteiger partial charge in [0.1, 0.15) is 23.1 Å². The minimum absolute atomic E-state index is 0.0681. The first-order valence-electron chi connectivity index (χ1n) is 13.3. The number of amides is 1. The second kappa shape index (κ2) is 12.2. The van der Waals surface area contributed by atoms with E-state index in [0.717, 1.165) is 16.9 Å². The Bertz CT molecular complexity index is 1840. The zero-order chi connectivity index (χ0) is 29.9. The van der Waals surface area contributed by atoms with Crippen LogP contribution in [0.25, 0.3) is 5.76 Å². The van der Waals surface area contributed by atoms with Crippen LogP contribution in [-0.4, -0.2) is 27.0 Å². The summed E-state index contributed by atoms with van der Waals surface area (Å²) in [5.74, 6) is -0.867. The van der Waals surface area contributed by atoms with Gasteiger partial charge in [-0.05, 0) is 48.4 Å². The van der Waals surface area contributed by atoms with Crippen molar-refractivity contribution in [3.63, 3.8) is 0 Å². The maximum atomic E-state index is 14.2.